The van der Waals surface area contributed by atoms with Crippen LogP contribution in [0.15, 0.2) is 58.3 Å². The number of ketones is 1. The van der Waals surface area contributed by atoms with Crippen molar-refractivity contribution in [3.63, 3.8) is 0 Å². The number of phenols is 1. The zero-order chi connectivity index (χ0) is 25.2. The molecule has 2 aliphatic heterocycles. The largest absolute Gasteiger partial charge is 0.504 e. The Hall–Kier alpha value is -3.10. The number of aromatic hydroxyl groups is 1. The lowest BCUT2D eigenvalue weighted by atomic mass is 9.72. The average molecular weight is 510 g/mol. The smallest absolute Gasteiger partial charge is 0.336 e. The summed E-state index contributed by atoms with van der Waals surface area (Å²) in [7, 11) is 0. The minimum absolute atomic E-state index is 0.00936. The first-order valence-corrected chi connectivity index (χ1v) is 13.4. The van der Waals surface area contributed by atoms with Gasteiger partial charge in [-0.25, -0.2) is 4.79 Å². The van der Waals surface area contributed by atoms with E-state index in [-0.39, 0.29) is 30.2 Å². The van der Waals surface area contributed by atoms with Crippen molar-refractivity contribution < 1.29 is 28.9 Å². The number of phenolic OH excluding ortho intramolecular Hbond substituents is 1. The second-order valence-corrected chi connectivity index (χ2v) is 10.4. The average Bonchev–Trinajstić information content (AvgIpc) is 3.58. The van der Waals surface area contributed by atoms with Crippen molar-refractivity contribution in [3.05, 3.63) is 68.7 Å². The highest BCUT2D eigenvalue weighted by molar-refractivity contribution is 7.10. The second-order valence-electron chi connectivity index (χ2n) is 9.43. The van der Waals surface area contributed by atoms with Gasteiger partial charge in [0.05, 0.1) is 18.3 Å². The molecule has 0 saturated carbocycles. The number of benzene rings is 1. The molecular formula is C28H31NO6S. The zero-order valence-corrected chi connectivity index (χ0v) is 21.4. The van der Waals surface area contributed by atoms with Gasteiger partial charge in [0.25, 0.3) is 0 Å². The van der Waals surface area contributed by atoms with Gasteiger partial charge in [0.1, 0.15) is 6.61 Å². The van der Waals surface area contributed by atoms with Crippen LogP contribution in [-0.4, -0.2) is 42.8 Å². The van der Waals surface area contributed by atoms with Gasteiger partial charge in [-0.05, 0) is 62.3 Å². The van der Waals surface area contributed by atoms with Crippen LogP contribution in [0, 0.1) is 0 Å². The van der Waals surface area contributed by atoms with E-state index in [0.29, 0.717) is 54.2 Å². The molecule has 1 fully saturated rings. The summed E-state index contributed by atoms with van der Waals surface area (Å²) in [5, 5.41) is 15.7. The van der Waals surface area contributed by atoms with E-state index in [0.717, 1.165) is 18.5 Å². The maximum atomic E-state index is 13.7. The monoisotopic (exact) mass is 509 g/mol. The molecule has 3 atom stereocenters. The molecule has 0 bridgehead atoms. The summed E-state index contributed by atoms with van der Waals surface area (Å²) in [6.07, 6.45) is 2.79. The predicted octanol–water partition coefficient (Wildman–Crippen LogP) is 4.94. The highest BCUT2D eigenvalue weighted by atomic mass is 32.1. The fourth-order valence-corrected chi connectivity index (χ4v) is 6.20. The molecule has 1 aromatic carbocycles. The van der Waals surface area contributed by atoms with Gasteiger partial charge in [-0.3, -0.25) is 4.79 Å². The standard InChI is InChI=1S/C28H31NO6S/c1-3-33-23-14-17(8-9-21(23)30)26-25(28(32)35-15-19-6-4-10-34-19)16(2)29-20-12-18(13-22(31)27(20)26)24-7-5-11-36-24/h5,7-9,11,14,18-19,26,29-30H,3-4,6,10,12-13,15H2,1-2H3/t18-,19+,26+/m0/s1. The molecule has 0 radical (unpaired) electrons. The Morgan fingerprint density at radius 2 is 2.14 bits per heavy atom. The zero-order valence-electron chi connectivity index (χ0n) is 20.5. The lowest BCUT2D eigenvalue weighted by Gasteiger charge is -2.36. The molecule has 1 aromatic heterocycles. The van der Waals surface area contributed by atoms with Gasteiger partial charge in [0.15, 0.2) is 17.3 Å². The van der Waals surface area contributed by atoms with E-state index in [2.05, 4.69) is 11.4 Å². The van der Waals surface area contributed by atoms with Crippen LogP contribution in [-0.2, 0) is 19.1 Å². The van der Waals surface area contributed by atoms with Crippen LogP contribution in [0.5, 0.6) is 11.5 Å². The highest BCUT2D eigenvalue weighted by Crippen LogP contribution is 2.47. The molecule has 190 valence electrons. The summed E-state index contributed by atoms with van der Waals surface area (Å²) in [6.45, 7) is 4.93. The van der Waals surface area contributed by atoms with Gasteiger partial charge >= 0.3 is 5.97 Å². The Morgan fingerprint density at radius 1 is 1.28 bits per heavy atom. The van der Waals surface area contributed by atoms with E-state index in [1.807, 2.05) is 25.3 Å². The van der Waals surface area contributed by atoms with E-state index in [1.54, 1.807) is 29.5 Å². The minimum Gasteiger partial charge on any atom is -0.504 e. The molecule has 3 heterocycles. The number of rotatable bonds is 7. The first-order chi connectivity index (χ1) is 17.5. The minimum atomic E-state index is -0.616. The molecule has 7 nitrogen and oxygen atoms in total. The molecule has 1 aliphatic carbocycles. The van der Waals surface area contributed by atoms with Gasteiger partial charge in [-0.2, -0.15) is 0 Å². The lowest BCUT2D eigenvalue weighted by Crippen LogP contribution is -2.36. The van der Waals surface area contributed by atoms with E-state index >= 15 is 0 Å². The number of esters is 1. The molecule has 36 heavy (non-hydrogen) atoms. The van der Waals surface area contributed by atoms with Crippen molar-refractivity contribution in [1.82, 2.24) is 5.32 Å². The van der Waals surface area contributed by atoms with Gasteiger partial charge in [-0.15, -0.1) is 11.3 Å². The number of Topliss-reactive ketones (excluding diaryl/α,β-unsaturated/α-hetero) is 1. The number of dihydropyridines is 1. The Balaban J connectivity index is 1.53. The Bertz CT molecular complexity index is 1210. The van der Waals surface area contributed by atoms with Crippen LogP contribution in [0.4, 0.5) is 0 Å². The quantitative estimate of drug-likeness (QED) is 0.511. The molecule has 0 spiro atoms. The first kappa shape index (κ1) is 24.6. The fraction of sp³-hybridized carbons (Fsp3) is 0.429. The van der Waals surface area contributed by atoms with Crippen molar-refractivity contribution in [1.29, 1.82) is 0 Å². The summed E-state index contributed by atoms with van der Waals surface area (Å²) in [6, 6.07) is 9.09. The predicted molar refractivity (Wildman–Crippen MR) is 136 cm³/mol. The normalized spacial score (nSPS) is 23.9. The lowest BCUT2D eigenvalue weighted by molar-refractivity contribution is -0.142. The van der Waals surface area contributed by atoms with Crippen LogP contribution in [0.1, 0.15) is 61.8 Å². The number of ether oxygens (including phenoxy) is 3. The summed E-state index contributed by atoms with van der Waals surface area (Å²) >= 11 is 1.66. The van der Waals surface area contributed by atoms with Crippen molar-refractivity contribution >= 4 is 23.1 Å². The summed E-state index contributed by atoms with van der Waals surface area (Å²) in [5.41, 5.74) is 3.21. The SMILES string of the molecule is CCOc1cc([C@@H]2C(C(=O)OC[C@H]3CCCO3)=C(C)NC3=C2C(=O)C[C@@H](c2cccs2)C3)ccc1O. The van der Waals surface area contributed by atoms with Crippen LogP contribution in [0.2, 0.25) is 0 Å². The van der Waals surface area contributed by atoms with Crippen LogP contribution < -0.4 is 10.1 Å². The number of carbonyl (C=O) groups is 2. The second kappa shape index (κ2) is 10.5. The molecular weight excluding hydrogens is 478 g/mol. The summed E-state index contributed by atoms with van der Waals surface area (Å²) < 4.78 is 16.9. The van der Waals surface area contributed by atoms with Gasteiger partial charge < -0.3 is 24.6 Å². The van der Waals surface area contributed by atoms with E-state index in [4.69, 9.17) is 14.2 Å². The van der Waals surface area contributed by atoms with E-state index in [1.165, 1.54) is 4.88 Å². The van der Waals surface area contributed by atoms with Crippen molar-refractivity contribution in [2.24, 2.45) is 0 Å². The summed E-state index contributed by atoms with van der Waals surface area (Å²) in [5.74, 6) is -0.639. The molecule has 1 saturated heterocycles. The Labute approximate surface area is 214 Å². The first-order valence-electron chi connectivity index (χ1n) is 12.5. The van der Waals surface area contributed by atoms with Crippen molar-refractivity contribution in [2.45, 2.75) is 57.5 Å². The molecule has 0 amide bonds. The van der Waals surface area contributed by atoms with Crippen molar-refractivity contribution in [2.75, 3.05) is 19.8 Å². The fourth-order valence-electron chi connectivity index (χ4n) is 5.37. The number of hydrogen-bond donors (Lipinski definition) is 2. The molecule has 5 rings (SSSR count). The van der Waals surface area contributed by atoms with Crippen LogP contribution >= 0.6 is 11.3 Å². The highest BCUT2D eigenvalue weighted by Gasteiger charge is 2.42. The number of nitrogens with one attached hydrogen (secondary N) is 1. The Morgan fingerprint density at radius 3 is 2.86 bits per heavy atom. The molecule has 2 N–H and O–H groups in total. The van der Waals surface area contributed by atoms with E-state index in [9.17, 15) is 14.7 Å². The topological polar surface area (TPSA) is 94.1 Å². The maximum Gasteiger partial charge on any atom is 0.336 e. The number of allylic oxidation sites excluding steroid dienone is 3. The molecule has 3 aliphatic rings. The third kappa shape index (κ3) is 4.80. The van der Waals surface area contributed by atoms with E-state index < -0.39 is 11.9 Å². The number of hydrogen-bond acceptors (Lipinski definition) is 8. The maximum absolute atomic E-state index is 13.7. The molecule has 8 heteroatoms. The molecule has 0 unspecified atom stereocenters. The summed E-state index contributed by atoms with van der Waals surface area (Å²) in [4.78, 5) is 28.3. The number of carbonyl (C=O) groups excluding carboxylic acids is 2. The van der Waals surface area contributed by atoms with Crippen LogP contribution in [0.3, 0.4) is 0 Å². The third-order valence-electron chi connectivity index (χ3n) is 7.03. The number of thiophene rings is 1. The van der Waals surface area contributed by atoms with Gasteiger partial charge in [0.2, 0.25) is 0 Å². The van der Waals surface area contributed by atoms with Gasteiger partial charge in [0, 0.05) is 46.7 Å². The van der Waals surface area contributed by atoms with Crippen molar-refractivity contribution in [3.8, 4) is 11.5 Å². The van der Waals surface area contributed by atoms with Crippen LogP contribution in [0.25, 0.3) is 0 Å². The third-order valence-corrected chi connectivity index (χ3v) is 8.07. The molecule has 2 aromatic rings. The Kier molecular flexibility index (Phi) is 7.16. The van der Waals surface area contributed by atoms with Gasteiger partial charge in [-0.1, -0.05) is 12.1 Å².